The normalized spacial score (nSPS) is 19.1. The van der Waals surface area contributed by atoms with Crippen LogP contribution in [0.4, 0.5) is 4.79 Å². The van der Waals surface area contributed by atoms with Gasteiger partial charge in [-0.1, -0.05) is 0 Å². The van der Waals surface area contributed by atoms with Crippen LogP contribution in [0.2, 0.25) is 0 Å². The SMILES string of the molecule is COC(=O)c1cc(OCCO)cc(CC2CCC(NC(=O)OC(C)(C)C)CC2)c1C. The van der Waals surface area contributed by atoms with Crippen molar-refractivity contribution in [3.8, 4) is 5.75 Å². The van der Waals surface area contributed by atoms with Crippen LogP contribution in [0.25, 0.3) is 0 Å². The Bertz CT molecular complexity index is 732. The number of aliphatic hydroxyl groups excluding tert-OH is 1. The highest BCUT2D eigenvalue weighted by molar-refractivity contribution is 5.91. The smallest absolute Gasteiger partial charge is 0.407 e. The van der Waals surface area contributed by atoms with Gasteiger partial charge in [0.1, 0.15) is 18.0 Å². The van der Waals surface area contributed by atoms with Gasteiger partial charge in [-0.3, -0.25) is 0 Å². The Morgan fingerprint density at radius 3 is 2.40 bits per heavy atom. The fourth-order valence-electron chi connectivity index (χ4n) is 3.82. The van der Waals surface area contributed by atoms with Crippen LogP contribution in [0.5, 0.6) is 5.75 Å². The first kappa shape index (κ1) is 24.0. The average molecular weight is 422 g/mol. The quantitative estimate of drug-likeness (QED) is 0.651. The summed E-state index contributed by atoms with van der Waals surface area (Å²) in [5.74, 6) is 0.623. The van der Waals surface area contributed by atoms with Crippen LogP contribution in [0.15, 0.2) is 12.1 Å². The molecule has 0 spiro atoms. The zero-order chi connectivity index (χ0) is 22.3. The molecule has 2 N–H and O–H groups in total. The molecule has 1 fully saturated rings. The lowest BCUT2D eigenvalue weighted by Crippen LogP contribution is -2.41. The number of nitrogens with one attached hydrogen (secondary N) is 1. The summed E-state index contributed by atoms with van der Waals surface area (Å²) in [6.45, 7) is 7.56. The number of esters is 1. The molecule has 1 saturated carbocycles. The minimum Gasteiger partial charge on any atom is -0.491 e. The molecule has 1 aliphatic carbocycles. The monoisotopic (exact) mass is 421 g/mol. The molecule has 0 saturated heterocycles. The molecule has 1 aliphatic rings. The number of aliphatic hydroxyl groups is 1. The minimum absolute atomic E-state index is 0.0918. The predicted octanol–water partition coefficient (Wildman–Crippen LogP) is 3.78. The van der Waals surface area contributed by atoms with Crippen molar-refractivity contribution in [2.24, 2.45) is 5.92 Å². The fourth-order valence-corrected chi connectivity index (χ4v) is 3.82. The molecule has 0 bridgehead atoms. The van der Waals surface area contributed by atoms with E-state index in [9.17, 15) is 9.59 Å². The first-order valence-corrected chi connectivity index (χ1v) is 10.6. The summed E-state index contributed by atoms with van der Waals surface area (Å²) in [7, 11) is 1.36. The number of ether oxygens (including phenoxy) is 3. The van der Waals surface area contributed by atoms with Crippen molar-refractivity contribution in [3.05, 3.63) is 28.8 Å². The number of rotatable bonds is 7. The third-order valence-electron chi connectivity index (χ3n) is 5.33. The molecule has 0 radical (unpaired) electrons. The van der Waals surface area contributed by atoms with Gasteiger partial charge in [0.05, 0.1) is 19.3 Å². The molecular weight excluding hydrogens is 386 g/mol. The van der Waals surface area contributed by atoms with Crippen LogP contribution >= 0.6 is 0 Å². The van der Waals surface area contributed by atoms with Crippen LogP contribution in [0.3, 0.4) is 0 Å². The van der Waals surface area contributed by atoms with Gasteiger partial charge in [-0.15, -0.1) is 0 Å². The number of amides is 1. The molecule has 7 nitrogen and oxygen atoms in total. The first-order valence-electron chi connectivity index (χ1n) is 10.6. The molecule has 1 amide bonds. The Labute approximate surface area is 179 Å². The van der Waals surface area contributed by atoms with Crippen molar-refractivity contribution < 1.29 is 28.9 Å². The Morgan fingerprint density at radius 1 is 1.17 bits per heavy atom. The standard InChI is InChI=1S/C23H35NO6/c1-15-17(13-19(29-11-10-25)14-20(15)21(26)28-5)12-16-6-8-18(9-7-16)24-22(27)30-23(2,3)4/h13-14,16,18,25H,6-12H2,1-5H3,(H,24,27). The molecule has 0 heterocycles. The van der Waals surface area contributed by atoms with Gasteiger partial charge in [0.2, 0.25) is 0 Å². The van der Waals surface area contributed by atoms with Crippen LogP contribution in [-0.4, -0.2) is 49.1 Å². The topological polar surface area (TPSA) is 94.1 Å². The summed E-state index contributed by atoms with van der Waals surface area (Å²) < 4.78 is 15.8. The molecule has 168 valence electrons. The maximum Gasteiger partial charge on any atom is 0.407 e. The Balaban J connectivity index is 2.01. The van der Waals surface area contributed by atoms with Gasteiger partial charge in [-0.2, -0.15) is 0 Å². The van der Waals surface area contributed by atoms with E-state index < -0.39 is 11.6 Å². The van der Waals surface area contributed by atoms with Crippen molar-refractivity contribution in [1.29, 1.82) is 0 Å². The number of hydrogen-bond acceptors (Lipinski definition) is 6. The highest BCUT2D eigenvalue weighted by atomic mass is 16.6. The van der Waals surface area contributed by atoms with Gasteiger partial charge in [0, 0.05) is 6.04 Å². The Morgan fingerprint density at radius 2 is 1.83 bits per heavy atom. The van der Waals surface area contributed by atoms with Crippen LogP contribution < -0.4 is 10.1 Å². The lowest BCUT2D eigenvalue weighted by atomic mass is 9.81. The molecule has 0 aromatic heterocycles. The van der Waals surface area contributed by atoms with Gasteiger partial charge in [-0.05, 0) is 89.0 Å². The predicted molar refractivity (Wildman–Crippen MR) is 114 cm³/mol. The van der Waals surface area contributed by atoms with Crippen molar-refractivity contribution in [2.75, 3.05) is 20.3 Å². The number of hydrogen-bond donors (Lipinski definition) is 2. The van der Waals surface area contributed by atoms with E-state index in [1.165, 1.54) is 7.11 Å². The summed E-state index contributed by atoms with van der Waals surface area (Å²) in [4.78, 5) is 24.2. The molecule has 30 heavy (non-hydrogen) atoms. The number of carbonyl (C=O) groups is 2. The summed E-state index contributed by atoms with van der Waals surface area (Å²) in [6.07, 6.45) is 4.22. The highest BCUT2D eigenvalue weighted by Crippen LogP contribution is 2.31. The zero-order valence-electron chi connectivity index (χ0n) is 18.7. The van der Waals surface area contributed by atoms with Gasteiger partial charge in [-0.25, -0.2) is 9.59 Å². The van der Waals surface area contributed by atoms with Gasteiger partial charge >= 0.3 is 12.1 Å². The Kier molecular flexibility index (Phi) is 8.53. The molecule has 0 unspecified atom stereocenters. The second-order valence-electron chi connectivity index (χ2n) is 8.89. The van der Waals surface area contributed by atoms with E-state index in [2.05, 4.69) is 5.32 Å². The third kappa shape index (κ3) is 7.20. The van der Waals surface area contributed by atoms with E-state index >= 15 is 0 Å². The lowest BCUT2D eigenvalue weighted by Gasteiger charge is -2.30. The van der Waals surface area contributed by atoms with Gasteiger partial charge in [0.15, 0.2) is 0 Å². The number of methoxy groups -OCH3 is 1. The Hall–Kier alpha value is -2.28. The minimum atomic E-state index is -0.501. The lowest BCUT2D eigenvalue weighted by molar-refractivity contribution is 0.0486. The second kappa shape index (κ2) is 10.7. The van der Waals surface area contributed by atoms with Crippen molar-refractivity contribution in [2.45, 2.75) is 71.4 Å². The van der Waals surface area contributed by atoms with E-state index in [0.29, 0.717) is 17.2 Å². The third-order valence-corrected chi connectivity index (χ3v) is 5.33. The molecule has 1 aromatic carbocycles. The maximum absolute atomic E-state index is 12.2. The summed E-state index contributed by atoms with van der Waals surface area (Å²) >= 11 is 0. The van der Waals surface area contributed by atoms with E-state index in [0.717, 1.165) is 43.2 Å². The highest BCUT2D eigenvalue weighted by Gasteiger charge is 2.26. The van der Waals surface area contributed by atoms with Crippen LogP contribution in [-0.2, 0) is 15.9 Å². The second-order valence-corrected chi connectivity index (χ2v) is 8.89. The van der Waals surface area contributed by atoms with Crippen LogP contribution in [0, 0.1) is 12.8 Å². The zero-order valence-corrected chi connectivity index (χ0v) is 18.7. The number of benzene rings is 1. The van der Waals surface area contributed by atoms with E-state index in [4.69, 9.17) is 19.3 Å². The largest absolute Gasteiger partial charge is 0.491 e. The molecule has 1 aromatic rings. The van der Waals surface area contributed by atoms with E-state index in [-0.39, 0.29) is 25.3 Å². The van der Waals surface area contributed by atoms with E-state index in [1.54, 1.807) is 6.07 Å². The van der Waals surface area contributed by atoms with E-state index in [1.807, 2.05) is 33.8 Å². The van der Waals surface area contributed by atoms with Crippen molar-refractivity contribution in [1.82, 2.24) is 5.32 Å². The maximum atomic E-state index is 12.2. The van der Waals surface area contributed by atoms with Crippen molar-refractivity contribution >= 4 is 12.1 Å². The molecular formula is C23H35NO6. The summed E-state index contributed by atoms with van der Waals surface area (Å²) in [5.41, 5.74) is 1.93. The molecule has 0 aliphatic heterocycles. The first-order chi connectivity index (χ1) is 14.1. The summed E-state index contributed by atoms with van der Waals surface area (Å²) in [5, 5.41) is 12.0. The van der Waals surface area contributed by atoms with Crippen LogP contribution in [0.1, 0.15) is 67.9 Å². The fraction of sp³-hybridized carbons (Fsp3) is 0.652. The average Bonchev–Trinajstić information content (AvgIpc) is 2.67. The number of carbonyl (C=O) groups excluding carboxylic acids is 2. The van der Waals surface area contributed by atoms with Crippen molar-refractivity contribution in [3.63, 3.8) is 0 Å². The van der Waals surface area contributed by atoms with Gasteiger partial charge < -0.3 is 24.6 Å². The summed E-state index contributed by atoms with van der Waals surface area (Å²) in [6, 6.07) is 3.74. The molecule has 7 heteroatoms. The number of alkyl carbamates (subject to hydrolysis) is 1. The van der Waals surface area contributed by atoms with Gasteiger partial charge in [0.25, 0.3) is 0 Å². The molecule has 2 rings (SSSR count). The molecule has 0 atom stereocenters.